The molecule has 14 heteroatoms. The first kappa shape index (κ1) is 35.0. The van der Waals surface area contributed by atoms with Crippen molar-refractivity contribution in [1.82, 2.24) is 0 Å². The molecule has 1 aliphatic heterocycles. The summed E-state index contributed by atoms with van der Waals surface area (Å²) in [7, 11) is 0. The van der Waals surface area contributed by atoms with E-state index in [2.05, 4.69) is 0 Å². The zero-order valence-electron chi connectivity index (χ0n) is 26.6. The van der Waals surface area contributed by atoms with Crippen LogP contribution in [0.4, 0.5) is 0 Å². The van der Waals surface area contributed by atoms with Gasteiger partial charge in [0.05, 0.1) is 17.6 Å². The predicted molar refractivity (Wildman–Crippen MR) is 155 cm³/mol. The molecular weight excluding hydrogens is 608 g/mol. The van der Waals surface area contributed by atoms with Crippen LogP contribution in [0, 0.1) is 11.3 Å². The number of benzene rings is 1. The molecule has 0 amide bonds. The van der Waals surface area contributed by atoms with E-state index in [1.165, 1.54) is 19.9 Å². The number of ether oxygens (including phenoxy) is 6. The maximum Gasteiger partial charge on any atom is 0.331 e. The monoisotopic (exact) mass is 648 g/mol. The lowest BCUT2D eigenvalue weighted by atomic mass is 9.45. The summed E-state index contributed by atoms with van der Waals surface area (Å²) in [6.45, 7) is 7.41. The van der Waals surface area contributed by atoms with Crippen LogP contribution in [0.5, 0.6) is 0 Å². The quantitative estimate of drug-likeness (QED) is 0.201. The van der Waals surface area contributed by atoms with Gasteiger partial charge in [0, 0.05) is 33.8 Å². The molecule has 0 aromatic heterocycles. The highest BCUT2D eigenvalue weighted by Crippen LogP contribution is 2.68. The first-order valence-corrected chi connectivity index (χ1v) is 14.7. The Morgan fingerprint density at radius 3 is 1.87 bits per heavy atom. The third-order valence-corrected chi connectivity index (χ3v) is 9.15. The molecule has 0 unspecified atom stereocenters. The van der Waals surface area contributed by atoms with Crippen molar-refractivity contribution >= 4 is 35.9 Å². The maximum absolute atomic E-state index is 13.5. The third kappa shape index (κ3) is 5.57. The third-order valence-electron chi connectivity index (χ3n) is 9.15. The van der Waals surface area contributed by atoms with Crippen molar-refractivity contribution < 1.29 is 67.7 Å². The van der Waals surface area contributed by atoms with Gasteiger partial charge in [-0.25, -0.2) is 4.79 Å². The fourth-order valence-corrected chi connectivity index (χ4v) is 7.61. The van der Waals surface area contributed by atoms with Gasteiger partial charge in [0.1, 0.15) is 35.4 Å². The second-order valence-corrected chi connectivity index (χ2v) is 12.6. The second kappa shape index (κ2) is 12.4. The van der Waals surface area contributed by atoms with Gasteiger partial charge in [0.25, 0.3) is 0 Å². The molecule has 1 saturated heterocycles. The molecule has 2 aliphatic carbocycles. The Morgan fingerprint density at radius 2 is 1.33 bits per heavy atom. The lowest BCUT2D eigenvalue weighted by Gasteiger charge is -2.67. The van der Waals surface area contributed by atoms with E-state index in [0.29, 0.717) is 5.56 Å². The van der Waals surface area contributed by atoms with Gasteiger partial charge >= 0.3 is 29.8 Å². The van der Waals surface area contributed by atoms with Gasteiger partial charge in [-0.1, -0.05) is 30.3 Å². The van der Waals surface area contributed by atoms with Crippen LogP contribution in [0.1, 0.15) is 54.0 Å². The lowest BCUT2D eigenvalue weighted by Crippen LogP contribution is -2.88. The number of fused-ring (bicyclic) bond motifs is 1. The van der Waals surface area contributed by atoms with Crippen molar-refractivity contribution in [3.05, 3.63) is 42.0 Å². The normalized spacial score (nSPS) is 37.5. The summed E-state index contributed by atoms with van der Waals surface area (Å²) in [6, 6.07) is 8.65. The highest BCUT2D eigenvalue weighted by molar-refractivity contribution is 5.87. The zero-order chi connectivity index (χ0) is 34.4. The van der Waals surface area contributed by atoms with Crippen LogP contribution in [0.25, 0.3) is 6.08 Å². The molecule has 4 rings (SSSR count). The summed E-state index contributed by atoms with van der Waals surface area (Å²) in [5.41, 5.74) is -8.35. The fraction of sp³-hybridized carbons (Fsp3) is 0.594. The summed E-state index contributed by atoms with van der Waals surface area (Å²) in [4.78, 5) is 63.6. The minimum Gasteiger partial charge on any atom is -0.465 e. The number of esters is 5. The van der Waals surface area contributed by atoms with Crippen LogP contribution in [-0.2, 0) is 52.4 Å². The molecule has 252 valence electrons. The Kier molecular flexibility index (Phi) is 9.44. The first-order valence-electron chi connectivity index (χ1n) is 14.7. The molecule has 3 aliphatic rings. The molecule has 2 bridgehead atoms. The Balaban J connectivity index is 2.08. The molecule has 1 heterocycles. The standard InChI is InChI=1S/C32H40O14/c1-16(33)41-15-31-27(44-19(4)36)23(42-17(2)34)22-25(38)32(31,46-29(22,5)6)30(7,40)26(39)24(43-18(3)35)28(31)45-21(37)14-13-20-11-9-8-10-12-20/h8-14,22-28,38-40H,15H2,1-7H3/b14-13+/t22-,23+,24+,25-,26+,27-,28+,30+,31-,32+/m1/s1. The number of hydrogen-bond donors (Lipinski definition) is 3. The molecule has 10 atom stereocenters. The summed E-state index contributed by atoms with van der Waals surface area (Å²) in [5, 5.41) is 36.2. The molecular formula is C32H40O14. The molecule has 3 fully saturated rings. The highest BCUT2D eigenvalue weighted by Gasteiger charge is 2.89. The first-order chi connectivity index (χ1) is 21.3. The molecule has 3 N–H and O–H groups in total. The van der Waals surface area contributed by atoms with Crippen molar-refractivity contribution in [2.75, 3.05) is 6.61 Å². The summed E-state index contributed by atoms with van der Waals surface area (Å²) >= 11 is 0. The van der Waals surface area contributed by atoms with Crippen LogP contribution in [0.15, 0.2) is 36.4 Å². The van der Waals surface area contributed by atoms with E-state index < -0.39 is 101 Å². The average molecular weight is 649 g/mol. The summed E-state index contributed by atoms with van der Waals surface area (Å²) in [5.74, 6) is -5.92. The number of carbonyl (C=O) groups excluding carboxylic acids is 5. The fourth-order valence-electron chi connectivity index (χ4n) is 7.61. The van der Waals surface area contributed by atoms with Gasteiger partial charge in [0.15, 0.2) is 18.3 Å². The number of aliphatic hydroxyl groups is 3. The minimum absolute atomic E-state index is 0.609. The minimum atomic E-state index is -2.60. The van der Waals surface area contributed by atoms with Crippen molar-refractivity contribution in [2.24, 2.45) is 11.3 Å². The van der Waals surface area contributed by atoms with E-state index >= 15 is 0 Å². The highest BCUT2D eigenvalue weighted by atomic mass is 16.6. The topological polar surface area (TPSA) is 201 Å². The van der Waals surface area contributed by atoms with E-state index in [9.17, 15) is 39.3 Å². The molecule has 1 aromatic carbocycles. The van der Waals surface area contributed by atoms with Crippen molar-refractivity contribution in [3.8, 4) is 0 Å². The molecule has 46 heavy (non-hydrogen) atoms. The predicted octanol–water partition coefficient (Wildman–Crippen LogP) is 0.620. The van der Waals surface area contributed by atoms with Crippen LogP contribution >= 0.6 is 0 Å². The number of rotatable bonds is 8. The average Bonchev–Trinajstić information content (AvgIpc) is 3.13. The van der Waals surface area contributed by atoms with Crippen molar-refractivity contribution in [3.63, 3.8) is 0 Å². The number of hydrogen-bond acceptors (Lipinski definition) is 14. The Bertz CT molecular complexity index is 1400. The summed E-state index contributed by atoms with van der Waals surface area (Å²) in [6.07, 6.45) is -8.72. The van der Waals surface area contributed by atoms with Crippen LogP contribution in [-0.4, -0.2) is 105 Å². The smallest absolute Gasteiger partial charge is 0.331 e. The van der Waals surface area contributed by atoms with E-state index in [1.54, 1.807) is 30.3 Å². The Hall–Kier alpha value is -3.85. The van der Waals surface area contributed by atoms with Gasteiger partial charge in [0.2, 0.25) is 0 Å². The van der Waals surface area contributed by atoms with Gasteiger partial charge in [-0.15, -0.1) is 0 Å². The Morgan fingerprint density at radius 1 is 0.783 bits per heavy atom. The van der Waals surface area contributed by atoms with Gasteiger partial charge in [-0.2, -0.15) is 0 Å². The SMILES string of the molecule is CC(=O)OC[C@]12[C@H](OC(C)=O)[C@@H](OC(C)=O)[C@@H]3[C@@H](O)[C@]1(OC3(C)C)[C@@](C)(O)[C@@H](O)[C@H](OC(C)=O)[C@@H]2OC(=O)/C=C/c1ccccc1. The van der Waals surface area contributed by atoms with E-state index in [-0.39, 0.29) is 0 Å². The maximum atomic E-state index is 13.5. The second-order valence-electron chi connectivity index (χ2n) is 12.6. The largest absolute Gasteiger partial charge is 0.465 e. The molecule has 1 spiro atoms. The molecule has 1 aromatic rings. The molecule has 14 nitrogen and oxygen atoms in total. The summed E-state index contributed by atoms with van der Waals surface area (Å²) < 4.78 is 34.9. The van der Waals surface area contributed by atoms with Crippen LogP contribution in [0.2, 0.25) is 0 Å². The van der Waals surface area contributed by atoms with Crippen LogP contribution in [0.3, 0.4) is 0 Å². The number of carbonyl (C=O) groups is 5. The lowest BCUT2D eigenvalue weighted by molar-refractivity contribution is -0.385. The zero-order valence-corrected chi connectivity index (χ0v) is 26.6. The van der Waals surface area contributed by atoms with Crippen molar-refractivity contribution in [2.45, 2.75) is 102 Å². The van der Waals surface area contributed by atoms with Gasteiger partial charge in [-0.3, -0.25) is 19.2 Å². The van der Waals surface area contributed by atoms with Gasteiger partial charge in [-0.05, 0) is 32.4 Å². The molecule has 2 saturated carbocycles. The van der Waals surface area contributed by atoms with Crippen molar-refractivity contribution in [1.29, 1.82) is 0 Å². The van der Waals surface area contributed by atoms with Gasteiger partial charge < -0.3 is 43.7 Å². The Labute approximate surface area is 265 Å². The molecule has 0 radical (unpaired) electrons. The van der Waals surface area contributed by atoms with E-state index in [1.807, 2.05) is 0 Å². The van der Waals surface area contributed by atoms with E-state index in [4.69, 9.17) is 28.4 Å². The van der Waals surface area contributed by atoms with Crippen LogP contribution < -0.4 is 0 Å². The number of aliphatic hydroxyl groups excluding tert-OH is 2. The van der Waals surface area contributed by atoms with E-state index in [0.717, 1.165) is 40.7 Å².